The van der Waals surface area contributed by atoms with E-state index in [9.17, 15) is 4.79 Å². The van der Waals surface area contributed by atoms with E-state index in [4.69, 9.17) is 5.84 Å². The summed E-state index contributed by atoms with van der Waals surface area (Å²) in [7, 11) is 0. The van der Waals surface area contributed by atoms with Gasteiger partial charge in [0.05, 0.1) is 6.54 Å². The largest absolute Gasteiger partial charge is 0.304 e. The molecule has 0 rings (SSSR count). The Morgan fingerprint density at radius 2 is 2.00 bits per heavy atom. The molecular weight excluding hydrogens is 130 g/mol. The van der Waals surface area contributed by atoms with Crippen molar-refractivity contribution in [3.05, 3.63) is 0 Å². The molecule has 0 spiro atoms. The second-order valence-corrected chi connectivity index (χ2v) is 3.17. The average Bonchev–Trinajstić information content (AvgIpc) is 1.81. The van der Waals surface area contributed by atoms with E-state index in [1.54, 1.807) is 0 Å². The molecule has 0 fully saturated rings. The Hall–Kier alpha value is -0.610. The zero-order valence-corrected chi connectivity index (χ0v) is 6.69. The van der Waals surface area contributed by atoms with Crippen LogP contribution in [0.4, 0.5) is 0 Å². The summed E-state index contributed by atoms with van der Waals surface area (Å²) in [6.07, 6.45) is 0. The van der Waals surface area contributed by atoms with Crippen LogP contribution in [0.15, 0.2) is 0 Å². The SMILES string of the molecule is CC(C)(C)NCC(=O)NN. The number of hydrazine groups is 1. The van der Waals surface area contributed by atoms with Crippen molar-refractivity contribution in [1.82, 2.24) is 10.7 Å². The fourth-order valence-electron chi connectivity index (χ4n) is 0.396. The molecule has 0 atom stereocenters. The zero-order chi connectivity index (χ0) is 8.20. The summed E-state index contributed by atoms with van der Waals surface area (Å²) in [5.41, 5.74) is 2.00. The number of hydrogen-bond acceptors (Lipinski definition) is 3. The van der Waals surface area contributed by atoms with E-state index in [-0.39, 0.29) is 18.0 Å². The Morgan fingerprint density at radius 1 is 1.50 bits per heavy atom. The molecule has 0 saturated heterocycles. The number of carbonyl (C=O) groups is 1. The first kappa shape index (κ1) is 9.39. The maximum absolute atomic E-state index is 10.6. The quantitative estimate of drug-likeness (QED) is 0.275. The molecule has 4 N–H and O–H groups in total. The summed E-state index contributed by atoms with van der Waals surface area (Å²) in [5, 5.41) is 2.98. The Morgan fingerprint density at radius 3 is 2.30 bits per heavy atom. The van der Waals surface area contributed by atoms with E-state index in [1.165, 1.54) is 0 Å². The van der Waals surface area contributed by atoms with E-state index in [2.05, 4.69) is 5.32 Å². The van der Waals surface area contributed by atoms with E-state index >= 15 is 0 Å². The lowest BCUT2D eigenvalue weighted by Gasteiger charge is -2.19. The van der Waals surface area contributed by atoms with Crippen LogP contribution >= 0.6 is 0 Å². The third-order valence-corrected chi connectivity index (χ3v) is 0.940. The van der Waals surface area contributed by atoms with Crippen molar-refractivity contribution in [3.8, 4) is 0 Å². The summed E-state index contributed by atoms with van der Waals surface area (Å²) in [6, 6.07) is 0. The minimum atomic E-state index is -0.199. The van der Waals surface area contributed by atoms with Crippen LogP contribution < -0.4 is 16.6 Å². The lowest BCUT2D eigenvalue weighted by Crippen LogP contribution is -2.45. The number of nitrogens with one attached hydrogen (secondary N) is 2. The van der Waals surface area contributed by atoms with Crippen LogP contribution in [0, 0.1) is 0 Å². The lowest BCUT2D eigenvalue weighted by molar-refractivity contribution is -0.120. The standard InChI is InChI=1S/C6H15N3O/c1-6(2,3)8-4-5(10)9-7/h8H,4,7H2,1-3H3,(H,9,10). The van der Waals surface area contributed by atoms with Gasteiger partial charge in [-0.1, -0.05) is 0 Å². The van der Waals surface area contributed by atoms with Gasteiger partial charge in [0.2, 0.25) is 5.91 Å². The monoisotopic (exact) mass is 145 g/mol. The van der Waals surface area contributed by atoms with Gasteiger partial charge in [-0.25, -0.2) is 5.84 Å². The van der Waals surface area contributed by atoms with Crippen molar-refractivity contribution in [3.63, 3.8) is 0 Å². The van der Waals surface area contributed by atoms with Gasteiger partial charge in [-0.2, -0.15) is 0 Å². The first-order valence-electron chi connectivity index (χ1n) is 3.20. The van der Waals surface area contributed by atoms with Gasteiger partial charge in [-0.15, -0.1) is 0 Å². The molecule has 0 radical (unpaired) electrons. The first-order valence-corrected chi connectivity index (χ1v) is 3.20. The van der Waals surface area contributed by atoms with Crippen LogP contribution in [-0.2, 0) is 4.79 Å². The summed E-state index contributed by atoms with van der Waals surface area (Å²) in [5.74, 6) is 4.66. The Balaban J connectivity index is 3.46. The number of rotatable bonds is 2. The van der Waals surface area contributed by atoms with Gasteiger partial charge in [0.15, 0.2) is 0 Å². The van der Waals surface area contributed by atoms with Crippen molar-refractivity contribution < 1.29 is 4.79 Å². The number of amides is 1. The number of nitrogens with two attached hydrogens (primary N) is 1. The molecule has 0 heterocycles. The molecule has 0 aromatic carbocycles. The van der Waals surface area contributed by atoms with Crippen LogP contribution in [-0.4, -0.2) is 18.0 Å². The van der Waals surface area contributed by atoms with Crippen molar-refractivity contribution in [2.24, 2.45) is 5.84 Å². The van der Waals surface area contributed by atoms with E-state index < -0.39 is 0 Å². The van der Waals surface area contributed by atoms with Gasteiger partial charge in [0.1, 0.15) is 0 Å². The third kappa shape index (κ3) is 5.53. The molecule has 10 heavy (non-hydrogen) atoms. The highest BCUT2D eigenvalue weighted by molar-refractivity contribution is 5.77. The van der Waals surface area contributed by atoms with Gasteiger partial charge in [-0.3, -0.25) is 10.2 Å². The van der Waals surface area contributed by atoms with Crippen LogP contribution in [0.3, 0.4) is 0 Å². The van der Waals surface area contributed by atoms with Crippen LogP contribution in [0.25, 0.3) is 0 Å². The Bertz CT molecular complexity index is 117. The highest BCUT2D eigenvalue weighted by Gasteiger charge is 2.09. The topological polar surface area (TPSA) is 67.2 Å². The number of carbonyl (C=O) groups excluding carboxylic acids is 1. The van der Waals surface area contributed by atoms with Crippen molar-refractivity contribution >= 4 is 5.91 Å². The van der Waals surface area contributed by atoms with E-state index in [0.29, 0.717) is 0 Å². The lowest BCUT2D eigenvalue weighted by atomic mass is 10.1. The maximum atomic E-state index is 10.6. The molecule has 60 valence electrons. The second-order valence-electron chi connectivity index (χ2n) is 3.17. The van der Waals surface area contributed by atoms with Crippen molar-refractivity contribution in [2.75, 3.05) is 6.54 Å². The molecule has 4 heteroatoms. The summed E-state index contributed by atoms with van der Waals surface area (Å²) in [4.78, 5) is 10.6. The normalized spacial score (nSPS) is 11.2. The van der Waals surface area contributed by atoms with Gasteiger partial charge in [-0.05, 0) is 20.8 Å². The molecule has 0 aliphatic rings. The van der Waals surface area contributed by atoms with Crippen LogP contribution in [0.1, 0.15) is 20.8 Å². The van der Waals surface area contributed by atoms with Gasteiger partial charge >= 0.3 is 0 Å². The summed E-state index contributed by atoms with van der Waals surface area (Å²) >= 11 is 0. The van der Waals surface area contributed by atoms with Crippen LogP contribution in [0.2, 0.25) is 0 Å². The molecular formula is C6H15N3O. The molecule has 0 aliphatic carbocycles. The molecule has 0 saturated carbocycles. The minimum absolute atomic E-state index is 0.0352. The van der Waals surface area contributed by atoms with Gasteiger partial charge < -0.3 is 5.32 Å². The highest BCUT2D eigenvalue weighted by Crippen LogP contribution is 1.96. The average molecular weight is 145 g/mol. The first-order chi connectivity index (χ1) is 4.45. The van der Waals surface area contributed by atoms with E-state index in [0.717, 1.165) is 0 Å². The smallest absolute Gasteiger partial charge is 0.247 e. The van der Waals surface area contributed by atoms with Gasteiger partial charge in [0.25, 0.3) is 0 Å². The Labute approximate surface area is 61.1 Å². The molecule has 1 amide bonds. The molecule has 0 unspecified atom stereocenters. The van der Waals surface area contributed by atoms with E-state index in [1.807, 2.05) is 26.2 Å². The summed E-state index contributed by atoms with van der Waals surface area (Å²) in [6.45, 7) is 6.21. The predicted octanol–water partition coefficient (Wildman–Crippen LogP) is -0.636. The zero-order valence-electron chi connectivity index (χ0n) is 6.69. The van der Waals surface area contributed by atoms with Crippen molar-refractivity contribution in [2.45, 2.75) is 26.3 Å². The van der Waals surface area contributed by atoms with Crippen LogP contribution in [0.5, 0.6) is 0 Å². The summed E-state index contributed by atoms with van der Waals surface area (Å²) < 4.78 is 0. The molecule has 0 aromatic rings. The molecule has 0 aliphatic heterocycles. The predicted molar refractivity (Wildman–Crippen MR) is 40.1 cm³/mol. The minimum Gasteiger partial charge on any atom is -0.304 e. The fraction of sp³-hybridized carbons (Fsp3) is 0.833. The van der Waals surface area contributed by atoms with Gasteiger partial charge in [0, 0.05) is 5.54 Å². The van der Waals surface area contributed by atoms with Crippen molar-refractivity contribution in [1.29, 1.82) is 0 Å². The highest BCUT2D eigenvalue weighted by atomic mass is 16.2. The molecule has 0 bridgehead atoms. The third-order valence-electron chi connectivity index (χ3n) is 0.940. The fourth-order valence-corrected chi connectivity index (χ4v) is 0.396. The maximum Gasteiger partial charge on any atom is 0.247 e. The Kier molecular flexibility index (Phi) is 3.32. The molecule has 4 nitrogen and oxygen atoms in total. The number of hydrogen-bond donors (Lipinski definition) is 3. The second kappa shape index (κ2) is 3.53. The molecule has 0 aromatic heterocycles.